The number of hydrogen-bond acceptors (Lipinski definition) is 8. The Hall–Kier alpha value is -1.25. The number of unbranched alkanes of at least 4 members (excludes halogenated alkanes) is 32. The zero-order chi connectivity index (χ0) is 42.5. The van der Waals surface area contributed by atoms with Crippen molar-refractivity contribution < 1.29 is 37.6 Å². The van der Waals surface area contributed by atoms with E-state index in [1.54, 1.807) is 0 Å². The molecule has 58 heavy (non-hydrogen) atoms. The van der Waals surface area contributed by atoms with Gasteiger partial charge in [-0.1, -0.05) is 212 Å². The summed E-state index contributed by atoms with van der Waals surface area (Å²) in [5.74, 6) is -0.818. The summed E-state index contributed by atoms with van der Waals surface area (Å²) in [6.07, 6.45) is 48.1. The number of carbonyl (C=O) groups is 2. The molecule has 1 unspecified atom stereocenters. The van der Waals surface area contributed by atoms with Crippen LogP contribution in [0.3, 0.4) is 0 Å². The van der Waals surface area contributed by atoms with E-state index in [1.807, 2.05) is 0 Å². The summed E-state index contributed by atoms with van der Waals surface area (Å²) in [7, 11) is -4.38. The van der Waals surface area contributed by atoms with Gasteiger partial charge in [0.05, 0.1) is 13.2 Å². The lowest BCUT2D eigenvalue weighted by Gasteiger charge is -2.19. The minimum absolute atomic E-state index is 0.0560. The average molecular weight is 844 g/mol. The number of rotatable bonds is 47. The summed E-state index contributed by atoms with van der Waals surface area (Å²) in [5, 5.41) is 0. The summed E-state index contributed by atoms with van der Waals surface area (Å²) in [4.78, 5) is 35.0. The second-order valence-electron chi connectivity index (χ2n) is 16.7. The van der Waals surface area contributed by atoms with Gasteiger partial charge in [0.1, 0.15) is 6.61 Å². The molecule has 0 saturated heterocycles. The van der Waals surface area contributed by atoms with Gasteiger partial charge < -0.3 is 20.1 Å². The molecular weight excluding hydrogens is 750 g/mol. The Kier molecular flexibility index (Phi) is 44.3. The third-order valence-electron chi connectivity index (χ3n) is 10.9. The second kappa shape index (κ2) is 45.3. The van der Waals surface area contributed by atoms with E-state index >= 15 is 0 Å². The lowest BCUT2D eigenvalue weighted by Crippen LogP contribution is -2.29. The molecule has 0 spiro atoms. The standard InChI is InChI=1S/C48H94NO8P/c1-3-5-7-9-11-13-15-17-19-21-23-25-26-28-30-32-34-36-38-40-47(50)54-44-46(45-56-58(52,53)55-43-42-49)57-48(51)41-39-37-35-33-31-29-27-24-22-20-18-16-14-12-10-8-6-4-2/h21,23,46H,3-20,22,24-45,49H2,1-2H3,(H,52,53)/b23-21-/t46-/m1/s1. The number of allylic oxidation sites excluding steroid dienone is 2. The van der Waals surface area contributed by atoms with Crippen LogP contribution in [0.5, 0.6) is 0 Å². The molecule has 10 heteroatoms. The largest absolute Gasteiger partial charge is 0.472 e. The van der Waals surface area contributed by atoms with Gasteiger partial charge >= 0.3 is 19.8 Å². The Morgan fingerprint density at radius 1 is 0.500 bits per heavy atom. The van der Waals surface area contributed by atoms with Gasteiger partial charge in [0, 0.05) is 19.4 Å². The van der Waals surface area contributed by atoms with Crippen LogP contribution in [0, 0.1) is 0 Å². The lowest BCUT2D eigenvalue weighted by molar-refractivity contribution is -0.161. The SMILES string of the molecule is CCCCCCCCCC/C=C\CCCCCCCCCC(=O)OC[C@H](COP(=O)(O)OCCN)OC(=O)CCCCCCCCCCCCCCCCCCCC. The summed E-state index contributed by atoms with van der Waals surface area (Å²) in [6.45, 7) is 3.78. The molecule has 0 rings (SSSR count). The molecule has 0 aromatic rings. The van der Waals surface area contributed by atoms with Crippen LogP contribution in [-0.4, -0.2) is 49.3 Å². The number of ether oxygens (including phenoxy) is 2. The first-order valence-corrected chi connectivity index (χ1v) is 26.2. The Balaban J connectivity index is 4.04. The van der Waals surface area contributed by atoms with Crippen molar-refractivity contribution in [1.82, 2.24) is 0 Å². The Bertz CT molecular complexity index is 964. The maximum Gasteiger partial charge on any atom is 0.472 e. The smallest absolute Gasteiger partial charge is 0.462 e. The number of phosphoric ester groups is 1. The van der Waals surface area contributed by atoms with E-state index < -0.39 is 26.5 Å². The van der Waals surface area contributed by atoms with E-state index in [-0.39, 0.29) is 38.6 Å². The van der Waals surface area contributed by atoms with Crippen LogP contribution >= 0.6 is 7.82 Å². The third-order valence-corrected chi connectivity index (χ3v) is 11.9. The molecule has 0 aromatic carbocycles. The minimum atomic E-state index is -4.38. The maximum atomic E-state index is 12.6. The molecule has 344 valence electrons. The fourth-order valence-corrected chi connectivity index (χ4v) is 7.99. The van der Waals surface area contributed by atoms with Gasteiger partial charge in [0.25, 0.3) is 0 Å². The van der Waals surface area contributed by atoms with Crippen LogP contribution in [-0.2, 0) is 32.7 Å². The van der Waals surface area contributed by atoms with Crippen molar-refractivity contribution >= 4 is 19.8 Å². The highest BCUT2D eigenvalue weighted by Crippen LogP contribution is 2.43. The number of phosphoric acid groups is 1. The van der Waals surface area contributed by atoms with Crippen LogP contribution in [0.1, 0.15) is 251 Å². The van der Waals surface area contributed by atoms with Gasteiger partial charge in [-0.3, -0.25) is 18.6 Å². The summed E-state index contributed by atoms with van der Waals surface area (Å²) in [6, 6.07) is 0. The van der Waals surface area contributed by atoms with Crippen molar-refractivity contribution in [2.75, 3.05) is 26.4 Å². The molecule has 0 aliphatic carbocycles. The first-order chi connectivity index (χ1) is 28.3. The van der Waals surface area contributed by atoms with Crippen LogP contribution < -0.4 is 5.73 Å². The molecule has 2 atom stereocenters. The highest BCUT2D eigenvalue weighted by molar-refractivity contribution is 7.47. The zero-order valence-corrected chi connectivity index (χ0v) is 38.9. The molecule has 0 amide bonds. The molecule has 3 N–H and O–H groups in total. The van der Waals surface area contributed by atoms with Crippen LogP contribution in [0.25, 0.3) is 0 Å². The predicted octanol–water partition coefficient (Wildman–Crippen LogP) is 14.6. The molecule has 0 radical (unpaired) electrons. The third kappa shape index (κ3) is 44.3. The van der Waals surface area contributed by atoms with Gasteiger partial charge in [-0.05, 0) is 38.5 Å². The first-order valence-electron chi connectivity index (χ1n) is 24.7. The molecule has 0 saturated carbocycles. The molecule has 0 bridgehead atoms. The highest BCUT2D eigenvalue weighted by Gasteiger charge is 2.26. The van der Waals surface area contributed by atoms with E-state index in [0.29, 0.717) is 6.42 Å². The van der Waals surface area contributed by atoms with Gasteiger partial charge in [0.2, 0.25) is 0 Å². The molecule has 0 heterocycles. The number of nitrogens with two attached hydrogens (primary N) is 1. The normalized spacial score (nSPS) is 13.2. The highest BCUT2D eigenvalue weighted by atomic mass is 31.2. The topological polar surface area (TPSA) is 134 Å². The number of hydrogen-bond donors (Lipinski definition) is 2. The van der Waals surface area contributed by atoms with Crippen molar-refractivity contribution in [3.63, 3.8) is 0 Å². The van der Waals surface area contributed by atoms with Crippen molar-refractivity contribution in [2.45, 2.75) is 258 Å². The Morgan fingerprint density at radius 3 is 1.22 bits per heavy atom. The maximum absolute atomic E-state index is 12.6. The fourth-order valence-electron chi connectivity index (χ4n) is 7.22. The van der Waals surface area contributed by atoms with E-state index in [4.69, 9.17) is 24.3 Å². The van der Waals surface area contributed by atoms with Gasteiger partial charge in [-0.25, -0.2) is 4.57 Å². The first kappa shape index (κ1) is 56.8. The van der Waals surface area contributed by atoms with Gasteiger partial charge in [-0.2, -0.15) is 0 Å². The molecule has 0 aliphatic heterocycles. The van der Waals surface area contributed by atoms with E-state index in [0.717, 1.165) is 32.1 Å². The predicted molar refractivity (Wildman–Crippen MR) is 243 cm³/mol. The lowest BCUT2D eigenvalue weighted by atomic mass is 10.0. The van der Waals surface area contributed by atoms with Crippen LogP contribution in [0.4, 0.5) is 0 Å². The Morgan fingerprint density at radius 2 is 0.845 bits per heavy atom. The fraction of sp³-hybridized carbons (Fsp3) is 0.917. The molecule has 0 fully saturated rings. The summed E-state index contributed by atoms with van der Waals surface area (Å²) in [5.41, 5.74) is 5.36. The number of esters is 2. The second-order valence-corrected chi connectivity index (χ2v) is 18.1. The molecule has 0 aromatic heterocycles. The zero-order valence-electron chi connectivity index (χ0n) is 38.1. The van der Waals surface area contributed by atoms with Crippen molar-refractivity contribution in [1.29, 1.82) is 0 Å². The van der Waals surface area contributed by atoms with Crippen molar-refractivity contribution in [3.05, 3.63) is 12.2 Å². The van der Waals surface area contributed by atoms with E-state index in [9.17, 15) is 19.0 Å². The summed E-state index contributed by atoms with van der Waals surface area (Å²) < 4.78 is 32.9. The minimum Gasteiger partial charge on any atom is -0.462 e. The van der Waals surface area contributed by atoms with Crippen LogP contribution in [0.2, 0.25) is 0 Å². The summed E-state index contributed by atoms with van der Waals surface area (Å²) >= 11 is 0. The van der Waals surface area contributed by atoms with Gasteiger partial charge in [-0.15, -0.1) is 0 Å². The van der Waals surface area contributed by atoms with Crippen LogP contribution in [0.15, 0.2) is 12.2 Å². The van der Waals surface area contributed by atoms with Crippen molar-refractivity contribution in [3.8, 4) is 0 Å². The van der Waals surface area contributed by atoms with E-state index in [1.165, 1.54) is 186 Å². The molecule has 9 nitrogen and oxygen atoms in total. The molecule has 0 aliphatic rings. The quantitative estimate of drug-likeness (QED) is 0.0266. The van der Waals surface area contributed by atoms with E-state index in [2.05, 4.69) is 26.0 Å². The van der Waals surface area contributed by atoms with Crippen molar-refractivity contribution in [2.24, 2.45) is 5.73 Å². The number of carbonyl (C=O) groups excluding carboxylic acids is 2. The average Bonchev–Trinajstić information content (AvgIpc) is 3.21. The monoisotopic (exact) mass is 844 g/mol. The molecular formula is C48H94NO8P. The van der Waals surface area contributed by atoms with Gasteiger partial charge in [0.15, 0.2) is 6.10 Å². The Labute approximate surface area is 358 Å².